The predicted octanol–water partition coefficient (Wildman–Crippen LogP) is 10.7. The standard InChI is InChI=1S/C36H23NS.C2H/c1-4-19-33-29(14-1)30-15-2-5-20-34(30)37(33)27-13-8-11-25(23-27)24-10-7-12-26(22-24)28-17-9-18-32-31-16-3-6-21-35(31)38-36(28)32;1-2/h1-23H;1H/q;-1. The van der Waals surface area contributed by atoms with Crippen LogP contribution in [0.1, 0.15) is 0 Å². The summed E-state index contributed by atoms with van der Waals surface area (Å²) in [6.07, 6.45) is 9.00. The van der Waals surface area contributed by atoms with Crippen molar-refractivity contribution in [2.75, 3.05) is 0 Å². The summed E-state index contributed by atoms with van der Waals surface area (Å²) in [4.78, 5) is 0. The fourth-order valence-corrected chi connectivity index (χ4v) is 7.10. The molecule has 0 bridgehead atoms. The van der Waals surface area contributed by atoms with Crippen molar-refractivity contribution in [3.8, 4) is 34.4 Å². The van der Waals surface area contributed by atoms with Crippen molar-refractivity contribution < 1.29 is 0 Å². The number of terminal acetylenes is 1. The number of nitrogens with zero attached hydrogens (tertiary/aromatic N) is 1. The van der Waals surface area contributed by atoms with E-state index in [-0.39, 0.29) is 0 Å². The summed E-state index contributed by atoms with van der Waals surface area (Å²) in [5, 5.41) is 5.24. The molecule has 2 heterocycles. The Kier molecular flexibility index (Phi) is 5.93. The van der Waals surface area contributed by atoms with Crippen LogP contribution in [-0.2, 0) is 0 Å². The van der Waals surface area contributed by atoms with Gasteiger partial charge < -0.3 is 17.4 Å². The highest BCUT2D eigenvalue weighted by molar-refractivity contribution is 7.26. The molecule has 0 unspecified atom stereocenters. The molecule has 2 heteroatoms. The monoisotopic (exact) mass is 526 g/mol. The minimum absolute atomic E-state index is 1.18. The number of aromatic nitrogens is 1. The minimum Gasteiger partial charge on any atom is -0.697 e. The van der Waals surface area contributed by atoms with Crippen molar-refractivity contribution in [3.05, 3.63) is 146 Å². The molecule has 40 heavy (non-hydrogen) atoms. The zero-order chi connectivity index (χ0) is 27.1. The normalized spacial score (nSPS) is 11.2. The molecule has 8 aromatic rings. The summed E-state index contributed by atoms with van der Waals surface area (Å²) in [7, 11) is 0. The van der Waals surface area contributed by atoms with Crippen LogP contribution in [0.2, 0.25) is 0 Å². The molecule has 6 aromatic carbocycles. The molecule has 0 N–H and O–H groups in total. The molecule has 0 amide bonds. The highest BCUT2D eigenvalue weighted by Crippen LogP contribution is 2.40. The van der Waals surface area contributed by atoms with Crippen molar-refractivity contribution in [3.63, 3.8) is 0 Å². The van der Waals surface area contributed by atoms with E-state index in [1.165, 1.54) is 69.9 Å². The van der Waals surface area contributed by atoms with Gasteiger partial charge in [0.25, 0.3) is 0 Å². The molecule has 0 saturated carbocycles. The molecule has 0 spiro atoms. The predicted molar refractivity (Wildman–Crippen MR) is 173 cm³/mol. The Morgan fingerprint density at radius 3 is 1.77 bits per heavy atom. The number of hydrogen-bond acceptors (Lipinski definition) is 1. The van der Waals surface area contributed by atoms with Crippen LogP contribution < -0.4 is 0 Å². The van der Waals surface area contributed by atoms with Crippen LogP contribution >= 0.6 is 11.3 Å². The Bertz CT molecular complexity index is 2140. The van der Waals surface area contributed by atoms with Crippen molar-refractivity contribution in [2.45, 2.75) is 0 Å². The third kappa shape index (κ3) is 3.80. The lowest BCUT2D eigenvalue weighted by molar-refractivity contribution is 1.18. The maximum atomic E-state index is 5.25. The first-order valence-corrected chi connectivity index (χ1v) is 14.1. The molecular weight excluding hydrogens is 502 g/mol. The Labute approximate surface area is 237 Å². The van der Waals surface area contributed by atoms with Crippen molar-refractivity contribution in [1.29, 1.82) is 0 Å². The fraction of sp³-hybridized carbons (Fsp3) is 0. The van der Waals surface area contributed by atoms with Gasteiger partial charge in [-0.25, -0.2) is 0 Å². The van der Waals surface area contributed by atoms with Crippen LogP contribution in [0.15, 0.2) is 140 Å². The summed E-state index contributed by atoms with van der Waals surface area (Å²) >= 11 is 1.88. The molecule has 188 valence electrons. The number of fused-ring (bicyclic) bond motifs is 6. The summed E-state index contributed by atoms with van der Waals surface area (Å²) in [5.41, 5.74) is 8.63. The van der Waals surface area contributed by atoms with E-state index in [1.807, 2.05) is 11.3 Å². The molecular formula is C38H24NS-. The highest BCUT2D eigenvalue weighted by Gasteiger charge is 2.13. The lowest BCUT2D eigenvalue weighted by Crippen LogP contribution is -1.94. The molecule has 0 fully saturated rings. The average molecular weight is 527 g/mol. The Morgan fingerprint density at radius 1 is 0.475 bits per heavy atom. The Morgan fingerprint density at radius 2 is 1.02 bits per heavy atom. The van der Waals surface area contributed by atoms with Gasteiger partial charge >= 0.3 is 0 Å². The van der Waals surface area contributed by atoms with Crippen molar-refractivity contribution >= 4 is 53.3 Å². The second-order valence-corrected chi connectivity index (χ2v) is 10.8. The molecule has 0 aliphatic heterocycles. The maximum Gasteiger partial charge on any atom is 0.0541 e. The van der Waals surface area contributed by atoms with Crippen LogP contribution in [0.25, 0.3) is 69.9 Å². The van der Waals surface area contributed by atoms with Gasteiger partial charge in [0.2, 0.25) is 0 Å². The van der Waals surface area contributed by atoms with Gasteiger partial charge in [-0.15, -0.1) is 11.3 Å². The van der Waals surface area contributed by atoms with E-state index in [4.69, 9.17) is 6.42 Å². The van der Waals surface area contributed by atoms with Crippen molar-refractivity contribution in [2.24, 2.45) is 0 Å². The molecule has 0 radical (unpaired) electrons. The topological polar surface area (TPSA) is 4.93 Å². The number of thiophene rings is 1. The first-order valence-electron chi connectivity index (χ1n) is 13.2. The van der Waals surface area contributed by atoms with Gasteiger partial charge in [-0.1, -0.05) is 103 Å². The third-order valence-corrected chi connectivity index (χ3v) is 8.82. The van der Waals surface area contributed by atoms with Crippen LogP contribution in [-0.4, -0.2) is 4.57 Å². The summed E-state index contributed by atoms with van der Waals surface area (Å²) in [6.45, 7) is 0. The van der Waals surface area contributed by atoms with Crippen LogP contribution in [0.4, 0.5) is 0 Å². The highest BCUT2D eigenvalue weighted by atomic mass is 32.1. The fourth-order valence-electron chi connectivity index (χ4n) is 5.87. The number of para-hydroxylation sites is 2. The molecule has 1 nitrogen and oxygen atoms in total. The summed E-state index contributed by atoms with van der Waals surface area (Å²) in [6, 6.07) is 50.7. The van der Waals surface area contributed by atoms with Crippen LogP contribution in [0, 0.1) is 12.8 Å². The van der Waals surface area contributed by atoms with E-state index in [0.29, 0.717) is 0 Å². The largest absolute Gasteiger partial charge is 0.697 e. The van der Waals surface area contributed by atoms with Gasteiger partial charge in [0.05, 0.1) is 11.0 Å². The molecule has 0 atom stereocenters. The summed E-state index contributed by atoms with van der Waals surface area (Å²) < 4.78 is 5.07. The first-order chi connectivity index (χ1) is 19.8. The number of hydrogen-bond donors (Lipinski definition) is 0. The lowest BCUT2D eigenvalue weighted by Gasteiger charge is -2.11. The van der Waals surface area contributed by atoms with E-state index in [1.54, 1.807) is 0 Å². The van der Waals surface area contributed by atoms with Gasteiger partial charge in [-0.3, -0.25) is 0 Å². The second kappa shape index (κ2) is 9.89. The zero-order valence-corrected chi connectivity index (χ0v) is 22.5. The zero-order valence-electron chi connectivity index (χ0n) is 21.7. The summed E-state index contributed by atoms with van der Waals surface area (Å²) in [5.74, 6) is 0. The molecule has 2 aromatic heterocycles. The smallest absolute Gasteiger partial charge is 0.0541 e. The van der Waals surface area contributed by atoms with Gasteiger partial charge in [0, 0.05) is 36.6 Å². The van der Waals surface area contributed by atoms with E-state index >= 15 is 0 Å². The van der Waals surface area contributed by atoms with Crippen molar-refractivity contribution in [1.82, 2.24) is 4.57 Å². The first kappa shape index (κ1) is 24.0. The second-order valence-electron chi connectivity index (χ2n) is 9.78. The van der Waals surface area contributed by atoms with Gasteiger partial charge in [-0.2, -0.15) is 0 Å². The lowest BCUT2D eigenvalue weighted by atomic mass is 9.97. The SMILES string of the molecule is [C-]#C.c1cc(-c2cccc(-n3c4ccccc4c4ccccc43)c2)cc(-c2cccc3c2sc2ccccc23)c1. The molecule has 0 saturated heterocycles. The maximum absolute atomic E-state index is 5.25. The molecule has 0 aliphatic rings. The van der Waals surface area contributed by atoms with E-state index in [0.717, 1.165) is 0 Å². The minimum atomic E-state index is 1.18. The number of benzene rings is 6. The van der Waals surface area contributed by atoms with Gasteiger partial charge in [0.1, 0.15) is 0 Å². The Hall–Kier alpha value is -5.10. The molecule has 0 aliphatic carbocycles. The van der Waals surface area contributed by atoms with Gasteiger partial charge in [-0.05, 0) is 58.7 Å². The van der Waals surface area contributed by atoms with E-state index in [2.05, 4.69) is 151 Å². The van der Waals surface area contributed by atoms with Crippen LogP contribution in [0.3, 0.4) is 0 Å². The van der Waals surface area contributed by atoms with E-state index < -0.39 is 0 Å². The van der Waals surface area contributed by atoms with E-state index in [9.17, 15) is 0 Å². The van der Waals surface area contributed by atoms with Gasteiger partial charge in [0.15, 0.2) is 0 Å². The average Bonchev–Trinajstić information content (AvgIpc) is 3.58. The molecule has 8 rings (SSSR count). The third-order valence-electron chi connectivity index (χ3n) is 7.60. The Balaban J connectivity index is 0.00000130. The van der Waals surface area contributed by atoms with Crippen LogP contribution in [0.5, 0.6) is 0 Å². The quantitative estimate of drug-likeness (QED) is 0.159. The number of rotatable bonds is 3.